The lowest BCUT2D eigenvalue weighted by atomic mass is 10.1. The molecule has 2 aromatic carbocycles. The molecule has 0 bridgehead atoms. The number of thiophene rings is 1. The molecule has 0 aliphatic heterocycles. The Morgan fingerprint density at radius 3 is 2.70 bits per heavy atom. The van der Waals surface area contributed by atoms with Crippen LogP contribution >= 0.6 is 23.1 Å². The molecule has 2 heterocycles. The van der Waals surface area contributed by atoms with Crippen LogP contribution in [0.3, 0.4) is 0 Å². The Kier molecular flexibility index (Phi) is 3.89. The van der Waals surface area contributed by atoms with Crippen LogP contribution in [0.5, 0.6) is 0 Å². The number of hydrogen-bond acceptors (Lipinski definition) is 5. The largest absolute Gasteiger partial charge is 0.419 e. The van der Waals surface area contributed by atoms with Crippen LogP contribution in [0.4, 0.5) is 0 Å². The Hall–Kier alpha value is -2.11. The molecule has 5 heteroatoms. The van der Waals surface area contributed by atoms with Crippen molar-refractivity contribution in [3.63, 3.8) is 0 Å². The Bertz CT molecular complexity index is 931. The molecule has 4 rings (SSSR count). The monoisotopic (exact) mass is 338 g/mol. The van der Waals surface area contributed by atoms with Gasteiger partial charge in [-0.25, -0.2) is 0 Å². The van der Waals surface area contributed by atoms with Crippen LogP contribution in [0.1, 0.15) is 18.1 Å². The van der Waals surface area contributed by atoms with E-state index >= 15 is 0 Å². The molecule has 2 aromatic heterocycles. The van der Waals surface area contributed by atoms with E-state index in [1.807, 2.05) is 17.5 Å². The fourth-order valence-electron chi connectivity index (χ4n) is 2.39. The molecule has 0 fully saturated rings. The van der Waals surface area contributed by atoms with Crippen molar-refractivity contribution in [3.8, 4) is 10.8 Å². The molecule has 0 radical (unpaired) electrons. The van der Waals surface area contributed by atoms with E-state index in [1.54, 1.807) is 23.1 Å². The Morgan fingerprint density at radius 1 is 1.00 bits per heavy atom. The number of benzene rings is 2. The van der Waals surface area contributed by atoms with E-state index in [4.69, 9.17) is 4.42 Å². The predicted molar refractivity (Wildman–Crippen MR) is 95.8 cm³/mol. The second-order valence-corrected chi connectivity index (χ2v) is 7.55. The molecule has 0 saturated carbocycles. The first-order valence-electron chi connectivity index (χ1n) is 7.32. The van der Waals surface area contributed by atoms with Crippen LogP contribution < -0.4 is 0 Å². The average molecular weight is 338 g/mol. The molecule has 1 unspecified atom stereocenters. The van der Waals surface area contributed by atoms with Gasteiger partial charge in [0.1, 0.15) is 0 Å². The summed E-state index contributed by atoms with van der Waals surface area (Å²) in [5.74, 6) is 1.26. The maximum absolute atomic E-state index is 5.82. The lowest BCUT2D eigenvalue weighted by Crippen LogP contribution is -1.88. The zero-order chi connectivity index (χ0) is 15.6. The molecular formula is C18H14N2OS2. The minimum Gasteiger partial charge on any atom is -0.419 e. The fraction of sp³-hybridized carbons (Fsp3) is 0.111. The van der Waals surface area contributed by atoms with Crippen LogP contribution in [-0.4, -0.2) is 10.2 Å². The van der Waals surface area contributed by atoms with Crippen molar-refractivity contribution in [3.05, 3.63) is 65.9 Å². The lowest BCUT2D eigenvalue weighted by Gasteiger charge is -2.07. The van der Waals surface area contributed by atoms with Gasteiger partial charge in [-0.1, -0.05) is 36.4 Å². The number of aromatic nitrogens is 2. The van der Waals surface area contributed by atoms with Crippen LogP contribution in [0.2, 0.25) is 0 Å². The first-order valence-corrected chi connectivity index (χ1v) is 9.08. The van der Waals surface area contributed by atoms with Crippen LogP contribution in [0, 0.1) is 0 Å². The molecule has 0 spiro atoms. The van der Waals surface area contributed by atoms with E-state index in [1.165, 1.54) is 15.7 Å². The maximum atomic E-state index is 5.82. The van der Waals surface area contributed by atoms with E-state index in [-0.39, 0.29) is 5.25 Å². The number of thioether (sulfide) groups is 1. The van der Waals surface area contributed by atoms with Crippen LogP contribution in [0.15, 0.2) is 69.3 Å². The smallest absolute Gasteiger partial charge is 0.257 e. The van der Waals surface area contributed by atoms with Crippen LogP contribution in [0.25, 0.3) is 21.5 Å². The highest BCUT2D eigenvalue weighted by atomic mass is 32.2. The lowest BCUT2D eigenvalue weighted by molar-refractivity contribution is 0.510. The van der Waals surface area contributed by atoms with Gasteiger partial charge in [0.2, 0.25) is 5.89 Å². The molecule has 0 saturated heterocycles. The summed E-state index contributed by atoms with van der Waals surface area (Å²) < 4.78 is 5.82. The third kappa shape index (κ3) is 3.02. The van der Waals surface area contributed by atoms with Gasteiger partial charge in [-0.2, -0.15) is 0 Å². The Morgan fingerprint density at radius 2 is 1.87 bits per heavy atom. The number of hydrogen-bond donors (Lipinski definition) is 0. The highest BCUT2D eigenvalue weighted by Crippen LogP contribution is 2.36. The van der Waals surface area contributed by atoms with Gasteiger partial charge < -0.3 is 4.42 Å². The van der Waals surface area contributed by atoms with Crippen molar-refractivity contribution >= 4 is 33.9 Å². The number of nitrogens with zero attached hydrogens (tertiary/aromatic N) is 2. The molecule has 0 aliphatic rings. The Labute approximate surface area is 142 Å². The summed E-state index contributed by atoms with van der Waals surface area (Å²) in [4.78, 5) is 2.21. The number of fused-ring (bicyclic) bond motifs is 1. The SMILES string of the molecule is CC(Sc1ccc2ccccc2c1)c1nnc(-c2cccs2)o1. The molecule has 0 amide bonds. The molecular weight excluding hydrogens is 324 g/mol. The zero-order valence-electron chi connectivity index (χ0n) is 12.5. The second-order valence-electron chi connectivity index (χ2n) is 5.19. The van der Waals surface area contributed by atoms with Gasteiger partial charge in [0.05, 0.1) is 10.1 Å². The molecule has 114 valence electrons. The fourth-order valence-corrected chi connectivity index (χ4v) is 3.98. The third-order valence-corrected chi connectivity index (χ3v) is 5.49. The van der Waals surface area contributed by atoms with Gasteiger partial charge in [-0.3, -0.25) is 0 Å². The van der Waals surface area contributed by atoms with Gasteiger partial charge in [0.25, 0.3) is 5.89 Å². The first-order chi connectivity index (χ1) is 11.3. The van der Waals surface area contributed by atoms with Gasteiger partial charge in [-0.15, -0.1) is 33.3 Å². The van der Waals surface area contributed by atoms with Crippen molar-refractivity contribution in [1.82, 2.24) is 10.2 Å². The molecule has 4 aromatic rings. The van der Waals surface area contributed by atoms with E-state index in [9.17, 15) is 0 Å². The summed E-state index contributed by atoms with van der Waals surface area (Å²) >= 11 is 3.33. The van der Waals surface area contributed by atoms with E-state index in [0.717, 1.165) is 4.88 Å². The van der Waals surface area contributed by atoms with Gasteiger partial charge in [0, 0.05) is 4.90 Å². The second kappa shape index (κ2) is 6.18. The Balaban J connectivity index is 1.55. The van der Waals surface area contributed by atoms with E-state index in [2.05, 4.69) is 59.6 Å². The number of rotatable bonds is 4. The summed E-state index contributed by atoms with van der Waals surface area (Å²) in [5, 5.41) is 13.0. The van der Waals surface area contributed by atoms with Crippen molar-refractivity contribution in [1.29, 1.82) is 0 Å². The summed E-state index contributed by atoms with van der Waals surface area (Å²) in [7, 11) is 0. The van der Waals surface area contributed by atoms with Crippen molar-refractivity contribution < 1.29 is 4.42 Å². The van der Waals surface area contributed by atoms with Crippen LogP contribution in [-0.2, 0) is 0 Å². The van der Waals surface area contributed by atoms with Gasteiger partial charge in [0.15, 0.2) is 0 Å². The minimum absolute atomic E-state index is 0.109. The normalized spacial score (nSPS) is 12.6. The summed E-state index contributed by atoms with van der Waals surface area (Å²) in [6.45, 7) is 2.09. The quantitative estimate of drug-likeness (QED) is 0.440. The zero-order valence-corrected chi connectivity index (χ0v) is 14.1. The molecule has 0 N–H and O–H groups in total. The van der Waals surface area contributed by atoms with E-state index in [0.29, 0.717) is 11.8 Å². The molecule has 3 nitrogen and oxygen atoms in total. The molecule has 0 aliphatic carbocycles. The van der Waals surface area contributed by atoms with Crippen molar-refractivity contribution in [2.75, 3.05) is 0 Å². The summed E-state index contributed by atoms with van der Waals surface area (Å²) in [6.07, 6.45) is 0. The highest BCUT2D eigenvalue weighted by molar-refractivity contribution is 7.99. The van der Waals surface area contributed by atoms with Crippen molar-refractivity contribution in [2.24, 2.45) is 0 Å². The topological polar surface area (TPSA) is 38.9 Å². The predicted octanol–water partition coefficient (Wildman–Crippen LogP) is 5.80. The standard InChI is InChI=1S/C18H14N2OS2/c1-12(17-19-20-18(21-17)16-7-4-10-22-16)23-15-9-8-13-5-2-3-6-14(13)11-15/h2-12H,1H3. The third-order valence-electron chi connectivity index (χ3n) is 3.55. The highest BCUT2D eigenvalue weighted by Gasteiger charge is 2.16. The van der Waals surface area contributed by atoms with E-state index < -0.39 is 0 Å². The molecule has 23 heavy (non-hydrogen) atoms. The molecule has 1 atom stereocenters. The first kappa shape index (κ1) is 14.5. The minimum atomic E-state index is 0.109. The maximum Gasteiger partial charge on any atom is 0.257 e. The summed E-state index contributed by atoms with van der Waals surface area (Å²) in [6, 6.07) is 18.8. The van der Waals surface area contributed by atoms with Gasteiger partial charge >= 0.3 is 0 Å². The van der Waals surface area contributed by atoms with Gasteiger partial charge in [-0.05, 0) is 41.3 Å². The average Bonchev–Trinajstić information content (AvgIpc) is 3.26. The summed E-state index contributed by atoms with van der Waals surface area (Å²) in [5.41, 5.74) is 0. The van der Waals surface area contributed by atoms with Crippen molar-refractivity contribution in [2.45, 2.75) is 17.1 Å².